The summed E-state index contributed by atoms with van der Waals surface area (Å²) in [7, 11) is -3.52. The molecule has 0 radical (unpaired) electrons. The van der Waals surface area contributed by atoms with Crippen LogP contribution in [0.3, 0.4) is 0 Å². The Hall–Kier alpha value is -2.07. The average Bonchev–Trinajstić information content (AvgIpc) is 2.75. The number of aryl methyl sites for hydroxylation is 1. The van der Waals surface area contributed by atoms with Crippen molar-refractivity contribution in [2.75, 3.05) is 32.7 Å². The highest BCUT2D eigenvalue weighted by Crippen LogP contribution is 2.20. The smallest absolute Gasteiger partial charge is 0.254 e. The van der Waals surface area contributed by atoms with E-state index in [4.69, 9.17) is 0 Å². The molecule has 1 aliphatic heterocycles. The minimum Gasteiger partial charge on any atom is -0.292 e. The second-order valence-electron chi connectivity index (χ2n) is 7.02. The van der Waals surface area contributed by atoms with E-state index in [0.717, 1.165) is 16.5 Å². The van der Waals surface area contributed by atoms with Crippen molar-refractivity contribution in [3.8, 4) is 0 Å². The maximum Gasteiger partial charge on any atom is 0.254 e. The lowest BCUT2D eigenvalue weighted by molar-refractivity contribution is -0.122. The van der Waals surface area contributed by atoms with Gasteiger partial charge in [0.1, 0.15) is 0 Å². The fraction of sp³-hybridized carbons (Fsp3) is 0.333. The van der Waals surface area contributed by atoms with Gasteiger partial charge in [-0.1, -0.05) is 47.1 Å². The van der Waals surface area contributed by atoms with E-state index in [9.17, 15) is 13.2 Å². The number of sulfonamides is 1. The fourth-order valence-corrected chi connectivity index (χ4v) is 4.83. The summed E-state index contributed by atoms with van der Waals surface area (Å²) < 4.78 is 27.8. The molecule has 2 aromatic carbocycles. The highest BCUT2D eigenvalue weighted by atomic mass is 79.9. The van der Waals surface area contributed by atoms with Gasteiger partial charge in [-0.2, -0.15) is 9.41 Å². The van der Waals surface area contributed by atoms with Crippen molar-refractivity contribution in [3.63, 3.8) is 0 Å². The first-order valence-electron chi connectivity index (χ1n) is 9.77. The average molecular weight is 493 g/mol. The Morgan fingerprint density at radius 3 is 2.30 bits per heavy atom. The van der Waals surface area contributed by atoms with Crippen LogP contribution in [0.5, 0.6) is 0 Å². The first kappa shape index (κ1) is 22.6. The molecule has 30 heavy (non-hydrogen) atoms. The molecule has 9 heteroatoms. The molecule has 1 N–H and O–H groups in total. The van der Waals surface area contributed by atoms with E-state index in [1.165, 1.54) is 9.87 Å². The normalized spacial score (nSPS) is 16.1. The number of hydrazone groups is 1. The molecule has 0 saturated carbocycles. The predicted octanol–water partition coefficient (Wildman–Crippen LogP) is 2.47. The Morgan fingerprint density at radius 2 is 1.70 bits per heavy atom. The molecule has 1 saturated heterocycles. The van der Waals surface area contributed by atoms with Crippen LogP contribution in [0.25, 0.3) is 0 Å². The summed E-state index contributed by atoms with van der Waals surface area (Å²) in [6.07, 6.45) is 2.59. The van der Waals surface area contributed by atoms with Crippen molar-refractivity contribution < 1.29 is 13.2 Å². The van der Waals surface area contributed by atoms with E-state index in [2.05, 4.69) is 33.4 Å². The second kappa shape index (κ2) is 10.3. The quantitative estimate of drug-likeness (QED) is 0.475. The number of nitrogens with zero attached hydrogens (tertiary/aromatic N) is 3. The Bertz CT molecular complexity index is 984. The van der Waals surface area contributed by atoms with Crippen molar-refractivity contribution in [1.29, 1.82) is 0 Å². The number of benzene rings is 2. The van der Waals surface area contributed by atoms with Crippen LogP contribution in [0.4, 0.5) is 0 Å². The van der Waals surface area contributed by atoms with Gasteiger partial charge in [0.2, 0.25) is 10.0 Å². The Morgan fingerprint density at radius 1 is 1.07 bits per heavy atom. The number of piperazine rings is 1. The van der Waals surface area contributed by atoms with Gasteiger partial charge in [0.05, 0.1) is 17.7 Å². The molecule has 160 valence electrons. The Balaban J connectivity index is 1.46. The van der Waals surface area contributed by atoms with Crippen molar-refractivity contribution in [1.82, 2.24) is 14.6 Å². The fourth-order valence-electron chi connectivity index (χ4n) is 3.14. The molecule has 1 aliphatic rings. The molecule has 1 heterocycles. The van der Waals surface area contributed by atoms with Crippen LogP contribution >= 0.6 is 15.9 Å². The molecule has 0 atom stereocenters. The van der Waals surface area contributed by atoms with Gasteiger partial charge >= 0.3 is 0 Å². The SMILES string of the molecule is CCc1ccc(/C=N/NC(=O)CN2CCN(S(=O)(=O)c3ccc(Br)cc3)CC2)cc1. The zero-order valence-electron chi connectivity index (χ0n) is 16.8. The monoisotopic (exact) mass is 492 g/mol. The number of hydrogen-bond acceptors (Lipinski definition) is 5. The number of carbonyl (C=O) groups is 1. The molecule has 0 bridgehead atoms. The Labute approximate surface area is 185 Å². The minimum atomic E-state index is -3.52. The third-order valence-corrected chi connectivity index (χ3v) is 7.38. The maximum absolute atomic E-state index is 12.7. The van der Waals surface area contributed by atoms with Crippen LogP contribution in [0.15, 0.2) is 63.0 Å². The first-order chi connectivity index (χ1) is 14.4. The number of hydrogen-bond donors (Lipinski definition) is 1. The summed E-state index contributed by atoms with van der Waals surface area (Å²) >= 11 is 3.31. The minimum absolute atomic E-state index is 0.179. The third-order valence-electron chi connectivity index (χ3n) is 4.94. The van der Waals surface area contributed by atoms with Gasteiger partial charge in [0.25, 0.3) is 5.91 Å². The molecular weight excluding hydrogens is 468 g/mol. The molecule has 1 amide bonds. The molecule has 7 nitrogen and oxygen atoms in total. The van der Waals surface area contributed by atoms with Crippen LogP contribution in [-0.4, -0.2) is 62.5 Å². The second-order valence-corrected chi connectivity index (χ2v) is 9.88. The number of halogens is 1. The molecule has 2 aromatic rings. The maximum atomic E-state index is 12.7. The van der Waals surface area contributed by atoms with E-state index >= 15 is 0 Å². The van der Waals surface area contributed by atoms with Gasteiger partial charge in [0, 0.05) is 30.7 Å². The van der Waals surface area contributed by atoms with Crippen LogP contribution in [0.2, 0.25) is 0 Å². The van der Waals surface area contributed by atoms with Crippen LogP contribution in [0.1, 0.15) is 18.1 Å². The van der Waals surface area contributed by atoms with Gasteiger partial charge in [-0.25, -0.2) is 13.8 Å². The Kier molecular flexibility index (Phi) is 7.76. The molecule has 3 rings (SSSR count). The number of amides is 1. The predicted molar refractivity (Wildman–Crippen MR) is 121 cm³/mol. The molecule has 0 unspecified atom stereocenters. The number of nitrogens with one attached hydrogen (secondary N) is 1. The van der Waals surface area contributed by atoms with E-state index in [-0.39, 0.29) is 17.3 Å². The van der Waals surface area contributed by atoms with Gasteiger partial charge in [-0.3, -0.25) is 9.69 Å². The summed E-state index contributed by atoms with van der Waals surface area (Å²) in [5.74, 6) is -0.222. The first-order valence-corrected chi connectivity index (χ1v) is 12.0. The van der Waals surface area contributed by atoms with Crippen LogP contribution in [-0.2, 0) is 21.2 Å². The summed E-state index contributed by atoms with van der Waals surface area (Å²) in [5.41, 5.74) is 4.70. The lowest BCUT2D eigenvalue weighted by Gasteiger charge is -2.33. The number of carbonyl (C=O) groups excluding carboxylic acids is 1. The zero-order valence-corrected chi connectivity index (χ0v) is 19.2. The molecular formula is C21H25BrN4O3S. The van der Waals surface area contributed by atoms with E-state index in [1.807, 2.05) is 29.2 Å². The lowest BCUT2D eigenvalue weighted by Crippen LogP contribution is -2.50. The van der Waals surface area contributed by atoms with E-state index in [0.29, 0.717) is 26.2 Å². The summed E-state index contributed by atoms with van der Waals surface area (Å²) in [6.45, 7) is 3.95. The largest absolute Gasteiger partial charge is 0.292 e. The summed E-state index contributed by atoms with van der Waals surface area (Å²) in [4.78, 5) is 14.3. The summed E-state index contributed by atoms with van der Waals surface area (Å²) in [5, 5.41) is 4.00. The molecule has 1 fully saturated rings. The van der Waals surface area contributed by atoms with Crippen molar-refractivity contribution in [2.45, 2.75) is 18.2 Å². The third kappa shape index (κ3) is 5.98. The van der Waals surface area contributed by atoms with Gasteiger partial charge < -0.3 is 0 Å². The molecule has 0 aliphatic carbocycles. The van der Waals surface area contributed by atoms with Crippen LogP contribution < -0.4 is 5.43 Å². The lowest BCUT2D eigenvalue weighted by atomic mass is 10.1. The van der Waals surface area contributed by atoms with Crippen molar-refractivity contribution in [2.24, 2.45) is 5.10 Å². The topological polar surface area (TPSA) is 82.1 Å². The van der Waals surface area contributed by atoms with Gasteiger partial charge in [-0.15, -0.1) is 0 Å². The standard InChI is InChI=1S/C21H25BrN4O3S/c1-2-17-3-5-18(6-4-17)15-23-24-21(27)16-25-11-13-26(14-12-25)30(28,29)20-9-7-19(22)8-10-20/h3-10,15H,2,11-14,16H2,1H3,(H,24,27)/b23-15+. The highest BCUT2D eigenvalue weighted by molar-refractivity contribution is 9.10. The number of rotatable bonds is 7. The van der Waals surface area contributed by atoms with Crippen molar-refractivity contribution in [3.05, 3.63) is 64.1 Å². The highest BCUT2D eigenvalue weighted by Gasteiger charge is 2.28. The molecule has 0 spiro atoms. The zero-order chi connectivity index (χ0) is 21.6. The van der Waals surface area contributed by atoms with Crippen LogP contribution in [0, 0.1) is 0 Å². The van der Waals surface area contributed by atoms with E-state index < -0.39 is 10.0 Å². The summed E-state index contributed by atoms with van der Waals surface area (Å²) in [6, 6.07) is 14.6. The molecule has 0 aromatic heterocycles. The van der Waals surface area contributed by atoms with Gasteiger partial charge in [-0.05, 0) is 41.8 Å². The van der Waals surface area contributed by atoms with E-state index in [1.54, 1.807) is 30.5 Å². The van der Waals surface area contributed by atoms with Gasteiger partial charge in [0.15, 0.2) is 0 Å². The van der Waals surface area contributed by atoms with Crippen molar-refractivity contribution >= 4 is 38.1 Å².